The summed E-state index contributed by atoms with van der Waals surface area (Å²) in [5.41, 5.74) is 6.30. The zero-order valence-corrected chi connectivity index (χ0v) is 10.7. The van der Waals surface area contributed by atoms with Gasteiger partial charge in [-0.3, -0.25) is 0 Å². The molecule has 0 heterocycles. The van der Waals surface area contributed by atoms with Gasteiger partial charge in [0.1, 0.15) is 6.07 Å². The zero-order chi connectivity index (χ0) is 13.2. The maximum atomic E-state index is 9.52. The van der Waals surface area contributed by atoms with Crippen molar-refractivity contribution in [3.63, 3.8) is 0 Å². The van der Waals surface area contributed by atoms with E-state index in [9.17, 15) is 5.26 Å². The van der Waals surface area contributed by atoms with Crippen molar-refractivity contribution in [1.82, 2.24) is 0 Å². The molecule has 2 aliphatic carbocycles. The Morgan fingerprint density at radius 2 is 1.37 bits per heavy atom. The van der Waals surface area contributed by atoms with Crippen LogP contribution in [-0.4, -0.2) is 0 Å². The maximum Gasteiger partial charge on any atom is 0.100 e. The minimum absolute atomic E-state index is 0.773. The molecule has 0 N–H and O–H groups in total. The predicted octanol–water partition coefficient (Wildman–Crippen LogP) is 4.64. The average Bonchev–Trinajstić information content (AvgIpc) is 2.61. The van der Waals surface area contributed by atoms with Crippen LogP contribution in [0.15, 0.2) is 60.7 Å². The Morgan fingerprint density at radius 3 is 2.00 bits per heavy atom. The summed E-state index contributed by atoms with van der Waals surface area (Å²) in [4.78, 5) is 0. The van der Waals surface area contributed by atoms with Crippen molar-refractivity contribution in [1.29, 1.82) is 5.26 Å². The van der Waals surface area contributed by atoms with Crippen LogP contribution < -0.4 is 0 Å². The highest BCUT2D eigenvalue weighted by Crippen LogP contribution is 2.41. The number of hydrogen-bond acceptors (Lipinski definition) is 1. The molecule has 1 aromatic carbocycles. The highest BCUT2D eigenvalue weighted by atomic mass is 14.3. The van der Waals surface area contributed by atoms with Crippen molar-refractivity contribution in [2.24, 2.45) is 0 Å². The molecule has 1 heteroatoms. The molecule has 0 atom stereocenters. The van der Waals surface area contributed by atoms with Crippen molar-refractivity contribution in [2.45, 2.75) is 6.92 Å². The van der Waals surface area contributed by atoms with E-state index in [1.807, 2.05) is 42.5 Å². The van der Waals surface area contributed by atoms with E-state index >= 15 is 0 Å². The van der Waals surface area contributed by atoms with Crippen LogP contribution in [0.5, 0.6) is 0 Å². The molecule has 90 valence electrons. The Balaban J connectivity index is 2.41. The number of nitrogens with zero attached hydrogens (tertiary/aromatic N) is 1. The van der Waals surface area contributed by atoms with Gasteiger partial charge in [-0.25, -0.2) is 0 Å². The van der Waals surface area contributed by atoms with E-state index in [2.05, 4.69) is 31.2 Å². The molecule has 0 saturated heterocycles. The van der Waals surface area contributed by atoms with Crippen LogP contribution in [0.4, 0.5) is 0 Å². The third kappa shape index (κ3) is 1.78. The lowest BCUT2D eigenvalue weighted by Crippen LogP contribution is -1.80. The Kier molecular flexibility index (Phi) is 2.78. The summed E-state index contributed by atoms with van der Waals surface area (Å²) in [6.07, 6.45) is 0. The van der Waals surface area contributed by atoms with Crippen LogP contribution >= 0.6 is 0 Å². The number of benzene rings is 1. The molecule has 0 aliphatic heterocycles. The lowest BCUT2D eigenvalue weighted by molar-refractivity contribution is 1.49. The first-order valence-electron chi connectivity index (χ1n) is 6.29. The molecule has 2 aliphatic rings. The standard InChI is InChI=1S/C18H13N/c1-13-15-10-6-3-7-11-16(15)17(12-19)18(13)14-8-4-2-5-9-14/h2-11H,1H3. The Morgan fingerprint density at radius 1 is 0.789 bits per heavy atom. The molecule has 0 aromatic heterocycles. The van der Waals surface area contributed by atoms with E-state index in [0.29, 0.717) is 0 Å². The minimum Gasteiger partial charge on any atom is -0.192 e. The van der Waals surface area contributed by atoms with Crippen LogP contribution in [0.1, 0.15) is 11.1 Å². The topological polar surface area (TPSA) is 23.8 Å². The van der Waals surface area contributed by atoms with Gasteiger partial charge in [0.15, 0.2) is 0 Å². The summed E-state index contributed by atoms with van der Waals surface area (Å²) in [6, 6.07) is 22.6. The molecule has 0 fully saturated rings. The van der Waals surface area contributed by atoms with Gasteiger partial charge in [-0.05, 0) is 23.6 Å². The summed E-state index contributed by atoms with van der Waals surface area (Å²) in [6.45, 7) is 2.09. The van der Waals surface area contributed by atoms with E-state index in [-0.39, 0.29) is 0 Å². The van der Waals surface area contributed by atoms with Gasteiger partial charge in [0.25, 0.3) is 0 Å². The predicted molar refractivity (Wildman–Crippen MR) is 78.0 cm³/mol. The summed E-state index contributed by atoms with van der Waals surface area (Å²) in [7, 11) is 0. The van der Waals surface area contributed by atoms with E-state index in [1.54, 1.807) is 0 Å². The van der Waals surface area contributed by atoms with E-state index in [0.717, 1.165) is 27.8 Å². The molecule has 0 bridgehead atoms. The molecule has 3 rings (SSSR count). The first kappa shape index (κ1) is 11.5. The van der Waals surface area contributed by atoms with Crippen LogP contribution in [0.25, 0.3) is 22.3 Å². The maximum absolute atomic E-state index is 9.52. The van der Waals surface area contributed by atoms with Crippen LogP contribution in [0, 0.1) is 18.3 Å². The Labute approximate surface area is 113 Å². The Hall–Kier alpha value is -2.59. The van der Waals surface area contributed by atoms with Gasteiger partial charge in [-0.1, -0.05) is 60.7 Å². The van der Waals surface area contributed by atoms with Gasteiger partial charge in [0, 0.05) is 11.1 Å². The SMILES string of the molecule is Cc1c2cccccc-2c(C#N)c1-c1ccccc1. The second-order valence-electron chi connectivity index (χ2n) is 4.59. The summed E-state index contributed by atoms with van der Waals surface area (Å²) in [5.74, 6) is 0. The molecule has 0 radical (unpaired) electrons. The number of rotatable bonds is 1. The van der Waals surface area contributed by atoms with E-state index in [4.69, 9.17) is 0 Å². The van der Waals surface area contributed by atoms with E-state index < -0.39 is 0 Å². The molecule has 1 aromatic rings. The fraction of sp³-hybridized carbons (Fsp3) is 0.0556. The van der Waals surface area contributed by atoms with Gasteiger partial charge in [-0.2, -0.15) is 5.26 Å². The molecule has 0 amide bonds. The second kappa shape index (κ2) is 4.59. The average molecular weight is 243 g/mol. The largest absolute Gasteiger partial charge is 0.192 e. The number of nitriles is 1. The minimum atomic E-state index is 0.773. The fourth-order valence-electron chi connectivity index (χ4n) is 2.63. The van der Waals surface area contributed by atoms with Gasteiger partial charge >= 0.3 is 0 Å². The zero-order valence-electron chi connectivity index (χ0n) is 10.7. The van der Waals surface area contributed by atoms with Crippen molar-refractivity contribution < 1.29 is 0 Å². The highest BCUT2D eigenvalue weighted by molar-refractivity contribution is 5.91. The molecule has 0 unspecified atom stereocenters. The van der Waals surface area contributed by atoms with Crippen LogP contribution in [0.3, 0.4) is 0 Å². The fourth-order valence-corrected chi connectivity index (χ4v) is 2.63. The highest BCUT2D eigenvalue weighted by Gasteiger charge is 2.20. The molecule has 19 heavy (non-hydrogen) atoms. The van der Waals surface area contributed by atoms with E-state index in [1.165, 1.54) is 5.56 Å². The molecular formula is C18H13N. The number of fused-ring (bicyclic) bond motifs is 1. The lowest BCUT2D eigenvalue weighted by Gasteiger charge is -2.01. The van der Waals surface area contributed by atoms with Gasteiger partial charge < -0.3 is 0 Å². The first-order chi connectivity index (χ1) is 9.33. The van der Waals surface area contributed by atoms with Crippen molar-refractivity contribution in [3.8, 4) is 28.3 Å². The third-order valence-electron chi connectivity index (χ3n) is 3.51. The Bertz CT molecular complexity index is 736. The second-order valence-corrected chi connectivity index (χ2v) is 4.59. The van der Waals surface area contributed by atoms with Gasteiger partial charge in [-0.15, -0.1) is 0 Å². The summed E-state index contributed by atoms with van der Waals surface area (Å²) < 4.78 is 0. The molecule has 1 nitrogen and oxygen atoms in total. The summed E-state index contributed by atoms with van der Waals surface area (Å²) in [5, 5.41) is 9.52. The number of hydrogen-bond donors (Lipinski definition) is 0. The quantitative estimate of drug-likeness (QED) is 0.611. The lowest BCUT2D eigenvalue weighted by atomic mass is 10.0. The van der Waals surface area contributed by atoms with Crippen LogP contribution in [0.2, 0.25) is 0 Å². The molecular weight excluding hydrogens is 230 g/mol. The normalized spacial score (nSPS) is 10.3. The summed E-state index contributed by atoms with van der Waals surface area (Å²) >= 11 is 0. The molecule has 0 spiro atoms. The molecule has 0 saturated carbocycles. The monoisotopic (exact) mass is 243 g/mol. The van der Waals surface area contributed by atoms with Gasteiger partial charge in [0.2, 0.25) is 0 Å². The van der Waals surface area contributed by atoms with Gasteiger partial charge in [0.05, 0.1) is 5.56 Å². The van der Waals surface area contributed by atoms with Crippen molar-refractivity contribution in [3.05, 3.63) is 71.8 Å². The van der Waals surface area contributed by atoms with Crippen molar-refractivity contribution >= 4 is 0 Å². The smallest absolute Gasteiger partial charge is 0.100 e. The third-order valence-corrected chi connectivity index (χ3v) is 3.51. The first-order valence-corrected chi connectivity index (χ1v) is 6.29. The van der Waals surface area contributed by atoms with Crippen LogP contribution in [-0.2, 0) is 0 Å². The van der Waals surface area contributed by atoms with Crippen molar-refractivity contribution in [2.75, 3.05) is 0 Å².